The van der Waals surface area contributed by atoms with Crippen LogP contribution in [0.4, 0.5) is 5.00 Å². The van der Waals surface area contributed by atoms with E-state index in [1.54, 1.807) is 23.7 Å². The predicted octanol–water partition coefficient (Wildman–Crippen LogP) is 3.18. The number of nitrogens with zero attached hydrogens (tertiary/aromatic N) is 2. The largest absolute Gasteiger partial charge is 0.378 e. The molecule has 0 aromatic carbocycles. The Kier molecular flexibility index (Phi) is 4.87. The van der Waals surface area contributed by atoms with Gasteiger partial charge in [-0.2, -0.15) is 0 Å². The van der Waals surface area contributed by atoms with Crippen molar-refractivity contribution in [1.29, 1.82) is 0 Å². The van der Waals surface area contributed by atoms with Gasteiger partial charge in [0.05, 0.1) is 23.1 Å². The van der Waals surface area contributed by atoms with Gasteiger partial charge in [-0.15, -0.1) is 11.3 Å². The van der Waals surface area contributed by atoms with Gasteiger partial charge >= 0.3 is 0 Å². The van der Waals surface area contributed by atoms with Gasteiger partial charge in [-0.05, 0) is 44.5 Å². The van der Waals surface area contributed by atoms with E-state index in [0.29, 0.717) is 0 Å². The summed E-state index contributed by atoms with van der Waals surface area (Å²) in [5, 5.41) is 4.17. The Morgan fingerprint density at radius 3 is 2.54 bits per heavy atom. The van der Waals surface area contributed by atoms with Gasteiger partial charge in [0.1, 0.15) is 0 Å². The molecule has 1 fully saturated rings. The van der Waals surface area contributed by atoms with Crippen molar-refractivity contribution in [3.8, 4) is 11.1 Å². The minimum absolute atomic E-state index is 0.0256. The molecule has 0 radical (unpaired) electrons. The Bertz CT molecular complexity index is 701. The Balaban J connectivity index is 1.97. The van der Waals surface area contributed by atoms with Crippen LogP contribution in [0.1, 0.15) is 30.4 Å². The highest BCUT2D eigenvalue weighted by atomic mass is 32.1. The monoisotopic (exact) mass is 345 g/mol. The first kappa shape index (κ1) is 16.9. The molecule has 1 aliphatic rings. The fourth-order valence-corrected chi connectivity index (χ4v) is 3.76. The van der Waals surface area contributed by atoms with Crippen molar-refractivity contribution in [2.75, 3.05) is 31.2 Å². The molecule has 0 spiro atoms. The zero-order valence-electron chi connectivity index (χ0n) is 14.3. The van der Waals surface area contributed by atoms with Crippen LogP contribution in [0.2, 0.25) is 0 Å². The molecular weight excluding hydrogens is 322 g/mol. The summed E-state index contributed by atoms with van der Waals surface area (Å²) >= 11 is 1.55. The van der Waals surface area contributed by atoms with Gasteiger partial charge in [0.25, 0.3) is 5.91 Å². The molecule has 6 heteroatoms. The van der Waals surface area contributed by atoms with E-state index >= 15 is 0 Å². The molecule has 3 heterocycles. The van der Waals surface area contributed by atoms with Crippen molar-refractivity contribution in [2.24, 2.45) is 0 Å². The second kappa shape index (κ2) is 6.91. The first-order valence-corrected chi connectivity index (χ1v) is 8.95. The number of carbonyl (C=O) groups excluding carboxylic acids is 1. The zero-order chi connectivity index (χ0) is 17.2. The quantitative estimate of drug-likeness (QED) is 0.928. The maximum atomic E-state index is 12.6. The van der Waals surface area contributed by atoms with E-state index in [0.717, 1.165) is 47.3 Å². The number of thiophene rings is 1. The second-order valence-electron chi connectivity index (χ2n) is 6.87. The summed E-state index contributed by atoms with van der Waals surface area (Å²) in [6, 6.07) is 5.96. The number of rotatable bonds is 3. The average molecular weight is 345 g/mol. The molecule has 2 aromatic heterocycles. The van der Waals surface area contributed by atoms with Crippen LogP contribution in [-0.2, 0) is 4.74 Å². The number of nitrogens with one attached hydrogen (secondary N) is 1. The van der Waals surface area contributed by atoms with Gasteiger partial charge in [0, 0.05) is 36.6 Å². The van der Waals surface area contributed by atoms with E-state index in [9.17, 15) is 4.79 Å². The van der Waals surface area contributed by atoms with Gasteiger partial charge in [0.15, 0.2) is 0 Å². The predicted molar refractivity (Wildman–Crippen MR) is 97.8 cm³/mol. The lowest BCUT2D eigenvalue weighted by Crippen LogP contribution is -2.40. The number of morpholine rings is 1. The zero-order valence-corrected chi connectivity index (χ0v) is 15.2. The third-order valence-electron chi connectivity index (χ3n) is 3.71. The number of hydrogen-bond donors (Lipinski definition) is 1. The summed E-state index contributed by atoms with van der Waals surface area (Å²) in [7, 11) is 0. The number of hydrogen-bond acceptors (Lipinski definition) is 5. The summed E-state index contributed by atoms with van der Waals surface area (Å²) in [5.41, 5.74) is 1.91. The SMILES string of the molecule is CC(C)(C)NC(=O)c1cc(-c2ccncc2)c(N2CCOCC2)s1. The van der Waals surface area contributed by atoms with Crippen molar-refractivity contribution >= 4 is 22.2 Å². The number of anilines is 1. The lowest BCUT2D eigenvalue weighted by Gasteiger charge is -2.28. The Morgan fingerprint density at radius 2 is 1.92 bits per heavy atom. The molecule has 5 nitrogen and oxygen atoms in total. The smallest absolute Gasteiger partial charge is 0.261 e. The van der Waals surface area contributed by atoms with E-state index in [-0.39, 0.29) is 11.4 Å². The molecule has 0 bridgehead atoms. The topological polar surface area (TPSA) is 54.5 Å². The molecule has 0 aliphatic carbocycles. The van der Waals surface area contributed by atoms with Crippen molar-refractivity contribution < 1.29 is 9.53 Å². The van der Waals surface area contributed by atoms with E-state index in [1.807, 2.05) is 39.0 Å². The molecule has 1 saturated heterocycles. The molecule has 1 amide bonds. The third kappa shape index (κ3) is 3.94. The van der Waals surface area contributed by atoms with Crippen LogP contribution in [0.25, 0.3) is 11.1 Å². The molecule has 1 aliphatic heterocycles. The molecular formula is C18H23N3O2S. The van der Waals surface area contributed by atoms with Gasteiger partial charge < -0.3 is 15.0 Å². The molecule has 0 saturated carbocycles. The van der Waals surface area contributed by atoms with Crippen LogP contribution in [-0.4, -0.2) is 42.7 Å². The van der Waals surface area contributed by atoms with Crippen molar-refractivity contribution in [3.05, 3.63) is 35.5 Å². The third-order valence-corrected chi connectivity index (χ3v) is 4.91. The highest BCUT2D eigenvalue weighted by Crippen LogP contribution is 2.39. The van der Waals surface area contributed by atoms with Crippen molar-refractivity contribution in [3.63, 3.8) is 0 Å². The van der Waals surface area contributed by atoms with Gasteiger partial charge in [-0.1, -0.05) is 0 Å². The Hall–Kier alpha value is -1.92. The van der Waals surface area contributed by atoms with E-state index < -0.39 is 0 Å². The molecule has 0 atom stereocenters. The number of aromatic nitrogens is 1. The Labute approximate surface area is 146 Å². The molecule has 1 N–H and O–H groups in total. The van der Waals surface area contributed by atoms with E-state index in [2.05, 4.69) is 15.2 Å². The standard InChI is InChI=1S/C18H23N3O2S/c1-18(2,3)20-16(22)15-12-14(13-4-6-19-7-5-13)17(24-15)21-8-10-23-11-9-21/h4-7,12H,8-11H2,1-3H3,(H,20,22). The van der Waals surface area contributed by atoms with Gasteiger partial charge in [-0.3, -0.25) is 9.78 Å². The van der Waals surface area contributed by atoms with Crippen molar-refractivity contribution in [2.45, 2.75) is 26.3 Å². The Morgan fingerprint density at radius 1 is 1.25 bits per heavy atom. The highest BCUT2D eigenvalue weighted by Gasteiger charge is 2.23. The summed E-state index contributed by atoms with van der Waals surface area (Å²) < 4.78 is 5.46. The second-order valence-corrected chi connectivity index (χ2v) is 7.90. The first-order valence-electron chi connectivity index (χ1n) is 8.13. The molecule has 2 aromatic rings. The van der Waals surface area contributed by atoms with E-state index in [4.69, 9.17) is 4.74 Å². The molecule has 3 rings (SSSR count). The van der Waals surface area contributed by atoms with Crippen LogP contribution in [0.3, 0.4) is 0 Å². The molecule has 24 heavy (non-hydrogen) atoms. The maximum Gasteiger partial charge on any atom is 0.261 e. The minimum atomic E-state index is -0.253. The summed E-state index contributed by atoms with van der Waals surface area (Å²) in [4.78, 5) is 19.7. The lowest BCUT2D eigenvalue weighted by molar-refractivity contribution is 0.0924. The number of amides is 1. The molecule has 0 unspecified atom stereocenters. The van der Waals surface area contributed by atoms with Gasteiger partial charge in [-0.25, -0.2) is 0 Å². The summed E-state index contributed by atoms with van der Waals surface area (Å²) in [6.45, 7) is 9.10. The fourth-order valence-electron chi connectivity index (χ4n) is 2.64. The van der Waals surface area contributed by atoms with E-state index in [1.165, 1.54) is 0 Å². The number of pyridine rings is 1. The van der Waals surface area contributed by atoms with Crippen LogP contribution >= 0.6 is 11.3 Å². The van der Waals surface area contributed by atoms with Crippen LogP contribution in [0, 0.1) is 0 Å². The first-order chi connectivity index (χ1) is 11.4. The summed E-state index contributed by atoms with van der Waals surface area (Å²) in [6.07, 6.45) is 3.57. The average Bonchev–Trinajstić information content (AvgIpc) is 3.00. The number of carbonyl (C=O) groups is 1. The fraction of sp³-hybridized carbons (Fsp3) is 0.444. The van der Waals surface area contributed by atoms with Crippen LogP contribution < -0.4 is 10.2 Å². The van der Waals surface area contributed by atoms with Crippen LogP contribution in [0.15, 0.2) is 30.6 Å². The minimum Gasteiger partial charge on any atom is -0.378 e. The van der Waals surface area contributed by atoms with Gasteiger partial charge in [0.2, 0.25) is 0 Å². The lowest BCUT2D eigenvalue weighted by atomic mass is 10.1. The van der Waals surface area contributed by atoms with Crippen molar-refractivity contribution in [1.82, 2.24) is 10.3 Å². The molecule has 128 valence electrons. The number of ether oxygens (including phenoxy) is 1. The highest BCUT2D eigenvalue weighted by molar-refractivity contribution is 7.18. The normalized spacial score (nSPS) is 15.4. The maximum absolute atomic E-state index is 12.6. The van der Waals surface area contributed by atoms with Crippen LogP contribution in [0.5, 0.6) is 0 Å². The summed E-state index contributed by atoms with van der Waals surface area (Å²) in [5.74, 6) is -0.0256.